The molecule has 1 saturated heterocycles. The van der Waals surface area contributed by atoms with Crippen LogP contribution in [0.25, 0.3) is 10.8 Å². The van der Waals surface area contributed by atoms with E-state index in [9.17, 15) is 0 Å². The van der Waals surface area contributed by atoms with E-state index in [1.54, 1.807) is 0 Å². The minimum absolute atomic E-state index is 0.472. The number of hydrogen-bond donors (Lipinski definition) is 2. The standard InChI is InChI=1S/C19H25N3S/c1-14(2)22-12-10-16(11-13-22)20-19(23)21-18-9-5-7-15-6-3-4-8-17(15)18/h3-9,14,16H,10-13H2,1-2H3,(H2,20,21,23). The fraction of sp³-hybridized carbons (Fsp3) is 0.421. The maximum absolute atomic E-state index is 5.52. The van der Waals surface area contributed by atoms with Gasteiger partial charge in [0.05, 0.1) is 0 Å². The van der Waals surface area contributed by atoms with E-state index in [1.165, 1.54) is 10.8 Å². The fourth-order valence-electron chi connectivity index (χ4n) is 3.24. The number of fused-ring (bicyclic) bond motifs is 1. The molecule has 0 atom stereocenters. The number of anilines is 1. The van der Waals surface area contributed by atoms with E-state index in [2.05, 4.69) is 71.8 Å². The number of piperidine rings is 1. The molecule has 1 fully saturated rings. The zero-order valence-electron chi connectivity index (χ0n) is 13.9. The van der Waals surface area contributed by atoms with Gasteiger partial charge in [0.25, 0.3) is 0 Å². The number of nitrogens with zero attached hydrogens (tertiary/aromatic N) is 1. The average Bonchev–Trinajstić information content (AvgIpc) is 2.55. The van der Waals surface area contributed by atoms with Crippen molar-refractivity contribution in [3.63, 3.8) is 0 Å². The molecule has 0 amide bonds. The van der Waals surface area contributed by atoms with Crippen LogP contribution in [0.1, 0.15) is 26.7 Å². The van der Waals surface area contributed by atoms with Crippen molar-refractivity contribution in [2.75, 3.05) is 18.4 Å². The summed E-state index contributed by atoms with van der Waals surface area (Å²) in [7, 11) is 0. The van der Waals surface area contributed by atoms with E-state index < -0.39 is 0 Å². The largest absolute Gasteiger partial charge is 0.360 e. The first-order valence-electron chi connectivity index (χ1n) is 8.43. The Balaban J connectivity index is 1.59. The Bertz CT molecular complexity index is 670. The first kappa shape index (κ1) is 16.2. The molecule has 0 radical (unpaired) electrons. The average molecular weight is 327 g/mol. The van der Waals surface area contributed by atoms with Crippen LogP contribution in [0.3, 0.4) is 0 Å². The predicted molar refractivity (Wildman–Crippen MR) is 103 cm³/mol. The summed E-state index contributed by atoms with van der Waals surface area (Å²) < 4.78 is 0. The van der Waals surface area contributed by atoms with E-state index >= 15 is 0 Å². The third-order valence-electron chi connectivity index (χ3n) is 4.63. The van der Waals surface area contributed by atoms with Gasteiger partial charge in [-0.1, -0.05) is 36.4 Å². The van der Waals surface area contributed by atoms with Gasteiger partial charge in [-0.25, -0.2) is 0 Å². The summed E-state index contributed by atoms with van der Waals surface area (Å²) in [4.78, 5) is 2.53. The molecule has 0 spiro atoms. The highest BCUT2D eigenvalue weighted by molar-refractivity contribution is 7.80. The summed E-state index contributed by atoms with van der Waals surface area (Å²) in [5.74, 6) is 0. The molecular formula is C19H25N3S. The fourth-order valence-corrected chi connectivity index (χ4v) is 3.52. The van der Waals surface area contributed by atoms with Gasteiger partial charge in [-0.05, 0) is 50.4 Å². The lowest BCUT2D eigenvalue weighted by molar-refractivity contribution is 0.168. The van der Waals surface area contributed by atoms with Gasteiger partial charge in [0.1, 0.15) is 0 Å². The highest BCUT2D eigenvalue weighted by Gasteiger charge is 2.21. The van der Waals surface area contributed by atoms with Crippen LogP contribution < -0.4 is 10.6 Å². The van der Waals surface area contributed by atoms with Gasteiger partial charge in [-0.3, -0.25) is 0 Å². The Morgan fingerprint density at radius 3 is 2.52 bits per heavy atom. The first-order chi connectivity index (χ1) is 11.1. The zero-order valence-corrected chi connectivity index (χ0v) is 14.7. The van der Waals surface area contributed by atoms with Crippen LogP contribution in [0.15, 0.2) is 42.5 Å². The van der Waals surface area contributed by atoms with Crippen LogP contribution in [-0.2, 0) is 0 Å². The molecular weight excluding hydrogens is 302 g/mol. The SMILES string of the molecule is CC(C)N1CCC(NC(=S)Nc2cccc3ccccc23)CC1. The Labute approximate surface area is 144 Å². The van der Waals surface area contributed by atoms with E-state index in [0.717, 1.165) is 36.7 Å². The monoisotopic (exact) mass is 327 g/mol. The molecule has 1 aliphatic heterocycles. The van der Waals surface area contributed by atoms with Crippen molar-refractivity contribution in [3.05, 3.63) is 42.5 Å². The van der Waals surface area contributed by atoms with Crippen molar-refractivity contribution >= 4 is 33.8 Å². The lowest BCUT2D eigenvalue weighted by Gasteiger charge is -2.35. The lowest BCUT2D eigenvalue weighted by Crippen LogP contribution is -2.47. The van der Waals surface area contributed by atoms with Gasteiger partial charge in [0.15, 0.2) is 5.11 Å². The lowest BCUT2D eigenvalue weighted by atomic mass is 10.0. The number of hydrogen-bond acceptors (Lipinski definition) is 2. The molecule has 122 valence electrons. The Morgan fingerprint density at radius 2 is 1.78 bits per heavy atom. The number of rotatable bonds is 3. The number of likely N-dealkylation sites (tertiary alicyclic amines) is 1. The maximum atomic E-state index is 5.52. The topological polar surface area (TPSA) is 27.3 Å². The molecule has 0 aliphatic carbocycles. The van der Waals surface area contributed by atoms with E-state index in [4.69, 9.17) is 12.2 Å². The summed E-state index contributed by atoms with van der Waals surface area (Å²) in [6, 6.07) is 15.7. The van der Waals surface area contributed by atoms with Crippen molar-refractivity contribution in [3.8, 4) is 0 Å². The van der Waals surface area contributed by atoms with Crippen LogP contribution in [0, 0.1) is 0 Å². The molecule has 0 saturated carbocycles. The molecule has 3 nitrogen and oxygen atoms in total. The van der Waals surface area contributed by atoms with Crippen LogP contribution in [-0.4, -0.2) is 35.2 Å². The molecule has 2 aromatic rings. The van der Waals surface area contributed by atoms with Crippen molar-refractivity contribution in [2.24, 2.45) is 0 Å². The zero-order chi connectivity index (χ0) is 16.2. The van der Waals surface area contributed by atoms with Crippen LogP contribution in [0.5, 0.6) is 0 Å². The molecule has 23 heavy (non-hydrogen) atoms. The van der Waals surface area contributed by atoms with Gasteiger partial charge in [0, 0.05) is 36.2 Å². The second-order valence-electron chi connectivity index (χ2n) is 6.53. The molecule has 2 aromatic carbocycles. The molecule has 2 N–H and O–H groups in total. The number of nitrogens with one attached hydrogen (secondary N) is 2. The summed E-state index contributed by atoms with van der Waals surface area (Å²) in [6.45, 7) is 6.82. The van der Waals surface area contributed by atoms with Gasteiger partial charge >= 0.3 is 0 Å². The number of thiocarbonyl (C=S) groups is 1. The number of benzene rings is 2. The summed E-state index contributed by atoms with van der Waals surface area (Å²) in [5, 5.41) is 10.0. The molecule has 0 bridgehead atoms. The molecule has 0 unspecified atom stereocenters. The minimum atomic E-state index is 0.472. The Hall–Kier alpha value is -1.65. The highest BCUT2D eigenvalue weighted by atomic mass is 32.1. The summed E-state index contributed by atoms with van der Waals surface area (Å²) in [6.07, 6.45) is 2.30. The Kier molecular flexibility index (Phi) is 5.13. The molecule has 1 heterocycles. The Morgan fingerprint density at radius 1 is 1.09 bits per heavy atom. The van der Waals surface area contributed by atoms with Crippen molar-refractivity contribution < 1.29 is 0 Å². The van der Waals surface area contributed by atoms with E-state index in [0.29, 0.717) is 12.1 Å². The maximum Gasteiger partial charge on any atom is 0.171 e. The summed E-state index contributed by atoms with van der Waals surface area (Å²) in [5.41, 5.74) is 1.07. The van der Waals surface area contributed by atoms with E-state index in [-0.39, 0.29) is 0 Å². The third-order valence-corrected chi connectivity index (χ3v) is 4.85. The molecule has 4 heteroatoms. The van der Waals surface area contributed by atoms with Crippen molar-refractivity contribution in [2.45, 2.75) is 38.8 Å². The van der Waals surface area contributed by atoms with E-state index in [1.807, 2.05) is 0 Å². The predicted octanol–water partition coefficient (Wildman–Crippen LogP) is 4.00. The molecule has 0 aromatic heterocycles. The second kappa shape index (κ2) is 7.28. The van der Waals surface area contributed by atoms with Gasteiger partial charge in [-0.15, -0.1) is 0 Å². The van der Waals surface area contributed by atoms with Crippen LogP contribution >= 0.6 is 12.2 Å². The highest BCUT2D eigenvalue weighted by Crippen LogP contribution is 2.23. The quantitative estimate of drug-likeness (QED) is 0.833. The van der Waals surface area contributed by atoms with Crippen molar-refractivity contribution in [1.82, 2.24) is 10.2 Å². The molecule has 1 aliphatic rings. The second-order valence-corrected chi connectivity index (χ2v) is 6.94. The van der Waals surface area contributed by atoms with Gasteiger partial charge in [0.2, 0.25) is 0 Å². The first-order valence-corrected chi connectivity index (χ1v) is 8.83. The van der Waals surface area contributed by atoms with Gasteiger partial charge in [-0.2, -0.15) is 0 Å². The smallest absolute Gasteiger partial charge is 0.171 e. The van der Waals surface area contributed by atoms with Crippen LogP contribution in [0.2, 0.25) is 0 Å². The molecule has 3 rings (SSSR count). The third kappa shape index (κ3) is 4.01. The normalized spacial score (nSPS) is 16.7. The van der Waals surface area contributed by atoms with Crippen LogP contribution in [0.4, 0.5) is 5.69 Å². The summed E-state index contributed by atoms with van der Waals surface area (Å²) >= 11 is 5.52. The van der Waals surface area contributed by atoms with Crippen molar-refractivity contribution in [1.29, 1.82) is 0 Å². The van der Waals surface area contributed by atoms with Gasteiger partial charge < -0.3 is 15.5 Å². The minimum Gasteiger partial charge on any atom is -0.360 e.